The smallest absolute Gasteiger partial charge is 0.265 e. The Bertz CT molecular complexity index is 926. The van der Waals surface area contributed by atoms with Crippen LogP contribution in [0.1, 0.15) is 17.5 Å². The molecular formula is C18H18N2O4S. The Hall–Kier alpha value is -2.38. The molecule has 1 amide bonds. The Kier molecular flexibility index (Phi) is 3.97. The minimum Gasteiger partial charge on any atom is -0.482 e. The van der Waals surface area contributed by atoms with E-state index in [1.165, 1.54) is 0 Å². The second-order valence-corrected chi connectivity index (χ2v) is 7.87. The van der Waals surface area contributed by atoms with E-state index in [1.54, 1.807) is 17.0 Å². The lowest BCUT2D eigenvalue weighted by Gasteiger charge is -2.35. The maximum atomic E-state index is 12.8. The molecule has 2 aliphatic heterocycles. The number of sulfonamides is 1. The topological polar surface area (TPSA) is 75.7 Å². The number of amides is 1. The van der Waals surface area contributed by atoms with E-state index in [0.717, 1.165) is 12.0 Å². The molecule has 0 saturated carbocycles. The number of benzene rings is 2. The minimum absolute atomic E-state index is 0.00476. The zero-order valence-corrected chi connectivity index (χ0v) is 14.4. The van der Waals surface area contributed by atoms with Gasteiger partial charge in [-0.3, -0.25) is 4.79 Å². The number of nitrogens with zero attached hydrogens (tertiary/aromatic N) is 1. The third-order valence-electron chi connectivity index (χ3n) is 4.53. The van der Waals surface area contributed by atoms with Gasteiger partial charge in [-0.1, -0.05) is 30.3 Å². The van der Waals surface area contributed by atoms with E-state index in [2.05, 4.69) is 4.72 Å². The van der Waals surface area contributed by atoms with Gasteiger partial charge in [-0.2, -0.15) is 0 Å². The summed E-state index contributed by atoms with van der Waals surface area (Å²) in [6, 6.07) is 12.6. The Labute approximate surface area is 146 Å². The van der Waals surface area contributed by atoms with Gasteiger partial charge in [0, 0.05) is 13.1 Å². The van der Waals surface area contributed by atoms with Crippen LogP contribution < -0.4 is 14.4 Å². The summed E-state index contributed by atoms with van der Waals surface area (Å²) < 4.78 is 33.8. The number of carbonyl (C=O) groups is 1. The molecule has 2 aromatic rings. The molecule has 6 nitrogen and oxygen atoms in total. The summed E-state index contributed by atoms with van der Waals surface area (Å²) >= 11 is 0. The predicted molar refractivity (Wildman–Crippen MR) is 93.1 cm³/mol. The van der Waals surface area contributed by atoms with E-state index < -0.39 is 10.0 Å². The predicted octanol–water partition coefficient (Wildman–Crippen LogP) is 1.84. The first-order valence-corrected chi connectivity index (χ1v) is 9.67. The molecule has 0 bridgehead atoms. The molecule has 0 radical (unpaired) electrons. The van der Waals surface area contributed by atoms with Crippen LogP contribution in [0.3, 0.4) is 0 Å². The Morgan fingerprint density at radius 3 is 2.72 bits per heavy atom. The third kappa shape index (κ3) is 2.89. The van der Waals surface area contributed by atoms with Crippen molar-refractivity contribution < 1.29 is 17.9 Å². The van der Waals surface area contributed by atoms with E-state index >= 15 is 0 Å². The first-order valence-electron chi connectivity index (χ1n) is 8.19. The van der Waals surface area contributed by atoms with Gasteiger partial charge in [-0.15, -0.1) is 0 Å². The second-order valence-electron chi connectivity index (χ2n) is 6.14. The Morgan fingerprint density at radius 2 is 1.92 bits per heavy atom. The molecule has 130 valence electrons. The van der Waals surface area contributed by atoms with Gasteiger partial charge in [0.15, 0.2) is 6.61 Å². The van der Waals surface area contributed by atoms with Crippen molar-refractivity contribution in [2.24, 2.45) is 0 Å². The first kappa shape index (κ1) is 16.1. The van der Waals surface area contributed by atoms with Crippen LogP contribution in [0, 0.1) is 0 Å². The number of carbonyl (C=O) groups excluding carboxylic acids is 1. The molecule has 0 fully saturated rings. The fourth-order valence-electron chi connectivity index (χ4n) is 3.35. The third-order valence-corrected chi connectivity index (χ3v) is 6.02. The quantitative estimate of drug-likeness (QED) is 0.905. The van der Waals surface area contributed by atoms with Crippen molar-refractivity contribution in [3.63, 3.8) is 0 Å². The molecule has 1 N–H and O–H groups in total. The van der Waals surface area contributed by atoms with Crippen molar-refractivity contribution in [2.45, 2.75) is 24.3 Å². The molecule has 2 heterocycles. The number of hydrogen-bond donors (Lipinski definition) is 1. The SMILES string of the molecule is O=C1COc2ccc(S(=O)(=O)NCc3ccccc3)c3c2N1CCC3. The van der Waals surface area contributed by atoms with E-state index in [9.17, 15) is 13.2 Å². The van der Waals surface area contributed by atoms with Crippen molar-refractivity contribution >= 4 is 21.6 Å². The monoisotopic (exact) mass is 358 g/mol. The summed E-state index contributed by atoms with van der Waals surface area (Å²) in [4.78, 5) is 14.0. The highest BCUT2D eigenvalue weighted by molar-refractivity contribution is 7.89. The van der Waals surface area contributed by atoms with Gasteiger partial charge in [-0.05, 0) is 36.1 Å². The lowest BCUT2D eigenvalue weighted by molar-refractivity contribution is -0.121. The molecule has 0 aromatic heterocycles. The summed E-state index contributed by atoms with van der Waals surface area (Å²) in [5.74, 6) is 0.455. The summed E-state index contributed by atoms with van der Waals surface area (Å²) in [7, 11) is -3.69. The van der Waals surface area contributed by atoms with Crippen molar-refractivity contribution in [3.8, 4) is 5.75 Å². The van der Waals surface area contributed by atoms with E-state index in [-0.39, 0.29) is 24.0 Å². The standard InChI is InChI=1S/C18H18N2O4S/c21-17-12-24-15-8-9-16(14-7-4-10-20(17)18(14)15)25(22,23)19-11-13-5-2-1-3-6-13/h1-3,5-6,8-9,19H,4,7,10-12H2. The van der Waals surface area contributed by atoms with Crippen molar-refractivity contribution in [3.05, 3.63) is 53.6 Å². The summed E-state index contributed by atoms with van der Waals surface area (Å²) in [5.41, 5.74) is 2.17. The maximum Gasteiger partial charge on any atom is 0.265 e. The van der Waals surface area contributed by atoms with Gasteiger partial charge < -0.3 is 9.64 Å². The molecule has 2 aromatic carbocycles. The van der Waals surface area contributed by atoms with Crippen molar-refractivity contribution in [1.82, 2.24) is 4.72 Å². The molecule has 4 rings (SSSR count). The summed E-state index contributed by atoms with van der Waals surface area (Å²) in [5, 5.41) is 0. The maximum absolute atomic E-state index is 12.8. The van der Waals surface area contributed by atoms with Gasteiger partial charge >= 0.3 is 0 Å². The molecule has 0 spiro atoms. The molecule has 7 heteroatoms. The van der Waals surface area contributed by atoms with Gasteiger partial charge in [0.2, 0.25) is 10.0 Å². The Morgan fingerprint density at radius 1 is 1.12 bits per heavy atom. The van der Waals surface area contributed by atoms with E-state index in [0.29, 0.717) is 30.0 Å². The van der Waals surface area contributed by atoms with Crippen LogP contribution in [-0.4, -0.2) is 27.5 Å². The molecule has 2 aliphatic rings. The van der Waals surface area contributed by atoms with Crippen LogP contribution in [0.5, 0.6) is 5.75 Å². The van der Waals surface area contributed by atoms with Gasteiger partial charge in [-0.25, -0.2) is 13.1 Å². The van der Waals surface area contributed by atoms with Crippen LogP contribution in [0.4, 0.5) is 5.69 Å². The average molecular weight is 358 g/mol. The van der Waals surface area contributed by atoms with Crippen molar-refractivity contribution in [2.75, 3.05) is 18.1 Å². The first-order chi connectivity index (χ1) is 12.1. The van der Waals surface area contributed by atoms with E-state index in [4.69, 9.17) is 4.74 Å². The van der Waals surface area contributed by atoms with Crippen LogP contribution in [-0.2, 0) is 27.8 Å². The zero-order valence-electron chi connectivity index (χ0n) is 13.6. The number of anilines is 1. The summed E-state index contributed by atoms with van der Waals surface area (Å²) in [6.45, 7) is 0.826. The average Bonchev–Trinajstić information content (AvgIpc) is 2.64. The van der Waals surface area contributed by atoms with Gasteiger partial charge in [0.1, 0.15) is 5.75 Å². The van der Waals surface area contributed by atoms with Crippen LogP contribution >= 0.6 is 0 Å². The lowest BCUT2D eigenvalue weighted by atomic mass is 10.00. The molecule has 25 heavy (non-hydrogen) atoms. The fourth-order valence-corrected chi connectivity index (χ4v) is 4.63. The van der Waals surface area contributed by atoms with E-state index in [1.807, 2.05) is 30.3 Å². The summed E-state index contributed by atoms with van der Waals surface area (Å²) in [6.07, 6.45) is 1.35. The number of nitrogens with one attached hydrogen (secondary N) is 1. The lowest BCUT2D eigenvalue weighted by Crippen LogP contribution is -2.42. The number of rotatable bonds is 4. The van der Waals surface area contributed by atoms with Gasteiger partial charge in [0.05, 0.1) is 10.6 Å². The van der Waals surface area contributed by atoms with Crippen LogP contribution in [0.2, 0.25) is 0 Å². The second kappa shape index (κ2) is 6.16. The van der Waals surface area contributed by atoms with Crippen molar-refractivity contribution in [1.29, 1.82) is 0 Å². The zero-order chi connectivity index (χ0) is 17.4. The highest BCUT2D eigenvalue weighted by Gasteiger charge is 2.34. The molecule has 0 aliphatic carbocycles. The van der Waals surface area contributed by atoms with Gasteiger partial charge in [0.25, 0.3) is 5.91 Å². The molecule has 0 saturated heterocycles. The highest BCUT2D eigenvalue weighted by atomic mass is 32.2. The molecule has 0 unspecified atom stereocenters. The minimum atomic E-state index is -3.69. The largest absolute Gasteiger partial charge is 0.482 e. The normalized spacial score (nSPS) is 16.3. The van der Waals surface area contributed by atoms with Crippen LogP contribution in [0.25, 0.3) is 0 Å². The van der Waals surface area contributed by atoms with Crippen LogP contribution in [0.15, 0.2) is 47.4 Å². The molecule has 0 atom stereocenters. The number of hydrogen-bond acceptors (Lipinski definition) is 4. The fraction of sp³-hybridized carbons (Fsp3) is 0.278. The molecular weight excluding hydrogens is 340 g/mol. The number of ether oxygens (including phenoxy) is 1. The Balaban J connectivity index is 1.70. The highest BCUT2D eigenvalue weighted by Crippen LogP contribution is 2.42.